The average molecular weight is 213 g/mol. The summed E-state index contributed by atoms with van der Waals surface area (Å²) >= 11 is 3.55. The Kier molecular flexibility index (Phi) is 5.84. The van der Waals surface area contributed by atoms with Gasteiger partial charge >= 0.3 is 11.6 Å². The normalized spacial score (nSPS) is 12.5. The van der Waals surface area contributed by atoms with Crippen LogP contribution in [0, 0.1) is 5.92 Å². The van der Waals surface area contributed by atoms with Crippen LogP contribution in [-0.4, -0.2) is 11.6 Å². The highest BCUT2D eigenvalue weighted by Crippen LogP contribution is 2.38. The highest BCUT2D eigenvalue weighted by molar-refractivity contribution is 6.22. The van der Waals surface area contributed by atoms with Gasteiger partial charge in [-0.25, -0.2) is 0 Å². The highest BCUT2D eigenvalue weighted by Gasteiger charge is 2.56. The molecule has 0 N–H and O–H groups in total. The second kappa shape index (κ2) is 4.84. The maximum Gasteiger partial charge on any atom is 0.469 e. The molecule has 0 aromatic rings. The molecule has 76 valence electrons. The van der Waals surface area contributed by atoms with Crippen molar-refractivity contribution in [3.05, 3.63) is 0 Å². The van der Waals surface area contributed by atoms with Crippen LogP contribution in [0.15, 0.2) is 0 Å². The van der Waals surface area contributed by atoms with Crippen molar-refractivity contribution in [2.45, 2.75) is 32.3 Å². The lowest BCUT2D eigenvalue weighted by atomic mass is 10.3. The Morgan fingerprint density at radius 2 is 1.00 bits per heavy atom. The minimum Gasteiger partial charge on any atom is -0.177 e. The van der Waals surface area contributed by atoms with E-state index in [0.29, 0.717) is 0 Å². The number of halogens is 6. The zero-order chi connectivity index (χ0) is 10.6. The van der Waals surface area contributed by atoms with Gasteiger partial charge < -0.3 is 0 Å². The van der Waals surface area contributed by atoms with Crippen LogP contribution in [0.25, 0.3) is 0 Å². The molecule has 0 aliphatic heterocycles. The maximum atomic E-state index is 10.9. The quantitative estimate of drug-likeness (QED) is 0.420. The van der Waals surface area contributed by atoms with E-state index in [1.54, 1.807) is 0 Å². The monoisotopic (exact) mass is 212 g/mol. The number of rotatable bonds is 0. The molecule has 0 fully saturated rings. The smallest absolute Gasteiger partial charge is 0.177 e. The van der Waals surface area contributed by atoms with Crippen LogP contribution < -0.4 is 0 Å². The third-order valence-corrected chi connectivity index (χ3v) is 0.536. The number of alkyl halides is 6. The first-order valence-corrected chi connectivity index (χ1v) is 3.49. The molecule has 0 unspecified atom stereocenters. The summed E-state index contributed by atoms with van der Waals surface area (Å²) in [6.07, 6.45) is -5.63. The minimum absolute atomic E-state index is 0.833. The third kappa shape index (κ3) is 9.94. The molecule has 0 nitrogen and oxygen atoms in total. The number of hydrogen-bond acceptors (Lipinski definition) is 0. The van der Waals surface area contributed by atoms with Crippen molar-refractivity contribution in [1.82, 2.24) is 0 Å². The van der Waals surface area contributed by atoms with E-state index in [0.717, 1.165) is 5.92 Å². The maximum absolute atomic E-state index is 10.9. The lowest BCUT2D eigenvalue weighted by molar-refractivity contribution is -0.241. The van der Waals surface area contributed by atoms with Gasteiger partial charge in [-0.3, -0.25) is 0 Å². The predicted molar refractivity (Wildman–Crippen MR) is 37.4 cm³/mol. The average Bonchev–Trinajstić information content (AvgIpc) is 1.55. The van der Waals surface area contributed by atoms with Gasteiger partial charge in [-0.2, -0.15) is 22.0 Å². The fourth-order valence-corrected chi connectivity index (χ4v) is 0. The van der Waals surface area contributed by atoms with Crippen molar-refractivity contribution in [1.29, 1.82) is 0 Å². The van der Waals surface area contributed by atoms with Gasteiger partial charge in [0.25, 0.3) is 0 Å². The second-order valence-corrected chi connectivity index (χ2v) is 3.20. The summed E-state index contributed by atoms with van der Waals surface area (Å²) in [5.74, 6) is 0.833. The standard InChI is InChI=1S/C4H10.C2ClF5/c1-4(2)3;3-1(4,5)2(6,7)8/h4H,1-3H3;. The fraction of sp³-hybridized carbons (Fsp3) is 1.00. The Morgan fingerprint density at radius 3 is 1.00 bits per heavy atom. The van der Waals surface area contributed by atoms with Crippen molar-refractivity contribution in [2.75, 3.05) is 0 Å². The molecule has 0 spiro atoms. The summed E-state index contributed by atoms with van der Waals surface area (Å²) in [5, 5.41) is -5.09. The summed E-state index contributed by atoms with van der Waals surface area (Å²) < 4.78 is 53.8. The van der Waals surface area contributed by atoms with Crippen LogP contribution in [0.3, 0.4) is 0 Å². The molecule has 0 bridgehead atoms. The van der Waals surface area contributed by atoms with Gasteiger partial charge in [0.05, 0.1) is 0 Å². The van der Waals surface area contributed by atoms with E-state index in [2.05, 4.69) is 32.4 Å². The highest BCUT2D eigenvalue weighted by atomic mass is 35.5. The summed E-state index contributed by atoms with van der Waals surface area (Å²) in [5.41, 5.74) is 0. The van der Waals surface area contributed by atoms with Crippen LogP contribution in [-0.2, 0) is 0 Å². The van der Waals surface area contributed by atoms with Crippen molar-refractivity contribution >= 4 is 11.6 Å². The van der Waals surface area contributed by atoms with Crippen molar-refractivity contribution in [2.24, 2.45) is 5.92 Å². The van der Waals surface area contributed by atoms with Gasteiger partial charge in [0, 0.05) is 0 Å². The Labute approximate surface area is 72.7 Å². The molecular weight excluding hydrogens is 203 g/mol. The van der Waals surface area contributed by atoms with Gasteiger partial charge in [0.1, 0.15) is 0 Å². The summed E-state index contributed by atoms with van der Waals surface area (Å²) in [7, 11) is 0. The van der Waals surface area contributed by atoms with Crippen LogP contribution in [0.5, 0.6) is 0 Å². The van der Waals surface area contributed by atoms with Gasteiger partial charge in [0.2, 0.25) is 0 Å². The molecule has 0 atom stereocenters. The van der Waals surface area contributed by atoms with Crippen LogP contribution >= 0.6 is 11.6 Å². The molecule has 0 saturated carbocycles. The first-order chi connectivity index (χ1) is 4.98. The van der Waals surface area contributed by atoms with Crippen LogP contribution in [0.4, 0.5) is 22.0 Å². The zero-order valence-electron chi connectivity index (χ0n) is 6.85. The second-order valence-electron chi connectivity index (χ2n) is 2.73. The summed E-state index contributed by atoms with van der Waals surface area (Å²) in [6.45, 7) is 6.50. The van der Waals surface area contributed by atoms with Crippen LogP contribution in [0.2, 0.25) is 0 Å². The summed E-state index contributed by atoms with van der Waals surface area (Å²) in [6, 6.07) is 0. The third-order valence-electron chi connectivity index (χ3n) is 0.321. The molecule has 0 saturated heterocycles. The number of hydrogen-bond donors (Lipinski definition) is 0. The molecule has 0 aliphatic carbocycles. The largest absolute Gasteiger partial charge is 0.469 e. The van der Waals surface area contributed by atoms with Gasteiger partial charge in [-0.15, -0.1) is 0 Å². The van der Waals surface area contributed by atoms with E-state index >= 15 is 0 Å². The molecule has 0 aromatic heterocycles. The van der Waals surface area contributed by atoms with Gasteiger partial charge in [-0.05, 0) is 17.5 Å². The van der Waals surface area contributed by atoms with E-state index in [9.17, 15) is 22.0 Å². The van der Waals surface area contributed by atoms with Crippen LogP contribution in [0.1, 0.15) is 20.8 Å². The first-order valence-electron chi connectivity index (χ1n) is 3.12. The Morgan fingerprint density at radius 1 is 0.917 bits per heavy atom. The Bertz CT molecular complexity index is 97.3. The molecule has 0 radical (unpaired) electrons. The van der Waals surface area contributed by atoms with E-state index in [1.807, 2.05) is 0 Å². The lowest BCUT2D eigenvalue weighted by Gasteiger charge is -2.10. The molecule has 0 aromatic carbocycles. The van der Waals surface area contributed by atoms with E-state index in [1.165, 1.54) is 0 Å². The lowest BCUT2D eigenvalue weighted by Crippen LogP contribution is -2.29. The topological polar surface area (TPSA) is 0 Å². The van der Waals surface area contributed by atoms with Crippen molar-refractivity contribution < 1.29 is 22.0 Å². The molecule has 0 amide bonds. The minimum atomic E-state index is -5.63. The molecule has 0 heterocycles. The Hall–Kier alpha value is -0.0600. The predicted octanol–water partition coefficient (Wildman–Crippen LogP) is 4.04. The summed E-state index contributed by atoms with van der Waals surface area (Å²) in [4.78, 5) is 0. The molecule has 0 rings (SSSR count). The van der Waals surface area contributed by atoms with E-state index in [-0.39, 0.29) is 0 Å². The fourth-order valence-electron chi connectivity index (χ4n) is 0. The Balaban J connectivity index is 0. The molecular formula is C6H10ClF5. The van der Waals surface area contributed by atoms with E-state index < -0.39 is 11.6 Å². The van der Waals surface area contributed by atoms with E-state index in [4.69, 9.17) is 0 Å². The SMILES string of the molecule is CC(C)C.FC(F)(F)C(F)(F)Cl. The van der Waals surface area contributed by atoms with Gasteiger partial charge in [0.15, 0.2) is 0 Å². The molecule has 12 heavy (non-hydrogen) atoms. The van der Waals surface area contributed by atoms with Gasteiger partial charge in [-0.1, -0.05) is 20.8 Å². The zero-order valence-corrected chi connectivity index (χ0v) is 7.60. The first kappa shape index (κ1) is 14.5. The van der Waals surface area contributed by atoms with Crippen molar-refractivity contribution in [3.8, 4) is 0 Å². The molecule has 0 aliphatic rings. The van der Waals surface area contributed by atoms with Crippen molar-refractivity contribution in [3.63, 3.8) is 0 Å². The molecule has 6 heteroatoms.